The van der Waals surface area contributed by atoms with E-state index in [-0.39, 0.29) is 35.3 Å². The van der Waals surface area contributed by atoms with Crippen LogP contribution in [0.1, 0.15) is 53.0 Å². The summed E-state index contributed by atoms with van der Waals surface area (Å²) in [5, 5.41) is 7.97. The fourth-order valence-corrected chi connectivity index (χ4v) is 4.39. The number of nitrogens with one attached hydrogen (secondary N) is 1. The predicted octanol–water partition coefficient (Wildman–Crippen LogP) is 3.28. The maximum Gasteiger partial charge on any atom is 0.281 e. The molecule has 0 aliphatic carbocycles. The van der Waals surface area contributed by atoms with Gasteiger partial charge in [0.05, 0.1) is 6.54 Å². The molecule has 1 N–H and O–H groups in total. The number of piperidine rings is 1. The molecule has 34 heavy (non-hydrogen) atoms. The number of rotatable bonds is 5. The molecule has 0 saturated carbocycles. The Labute approximate surface area is 195 Å². The summed E-state index contributed by atoms with van der Waals surface area (Å²) in [4.78, 5) is 34.9. The molecule has 1 saturated heterocycles. The Morgan fingerprint density at radius 1 is 1.12 bits per heavy atom. The summed E-state index contributed by atoms with van der Waals surface area (Å²) in [7, 11) is 0. The number of H-pyrrole nitrogens is 1. The normalized spacial score (nSPS) is 14.6. The second-order valence-electron chi connectivity index (χ2n) is 8.58. The Kier molecular flexibility index (Phi) is 5.91. The lowest BCUT2D eigenvalue weighted by Gasteiger charge is -2.31. The first-order chi connectivity index (χ1) is 16.5. The number of benzene rings is 2. The lowest BCUT2D eigenvalue weighted by atomic mass is 9.95. The molecule has 0 unspecified atom stereocenters. The molecule has 0 radical (unpaired) electrons. The SMILES string of the molecule is CCc1ccc(C(=O)N2CCC(c3nc4c(nnn4Cc4ccccc4F)c(=O)[nH]3)CC2)cc1. The molecule has 0 spiro atoms. The number of aryl methyl sites for hydroxylation is 1. The number of hydrogen-bond donors (Lipinski definition) is 1. The van der Waals surface area contributed by atoms with Gasteiger partial charge in [0.2, 0.25) is 0 Å². The van der Waals surface area contributed by atoms with Crippen molar-refractivity contribution < 1.29 is 9.18 Å². The van der Waals surface area contributed by atoms with Crippen molar-refractivity contribution >= 4 is 17.1 Å². The minimum absolute atomic E-state index is 0.000397. The fraction of sp³-hybridized carbons (Fsp3) is 0.320. The molecule has 0 atom stereocenters. The molecule has 1 aliphatic heterocycles. The lowest BCUT2D eigenvalue weighted by molar-refractivity contribution is 0.0711. The van der Waals surface area contributed by atoms with Gasteiger partial charge in [0.15, 0.2) is 11.2 Å². The molecule has 4 aromatic rings. The van der Waals surface area contributed by atoms with Gasteiger partial charge in [-0.25, -0.2) is 14.1 Å². The second-order valence-corrected chi connectivity index (χ2v) is 8.58. The molecule has 9 heteroatoms. The van der Waals surface area contributed by atoms with E-state index in [0.29, 0.717) is 48.5 Å². The highest BCUT2D eigenvalue weighted by Gasteiger charge is 2.27. The first kappa shape index (κ1) is 21.9. The van der Waals surface area contributed by atoms with Gasteiger partial charge in [-0.3, -0.25) is 9.59 Å². The number of amides is 1. The fourth-order valence-electron chi connectivity index (χ4n) is 4.39. The van der Waals surface area contributed by atoms with Crippen molar-refractivity contribution in [2.75, 3.05) is 13.1 Å². The molecule has 3 heterocycles. The topological polar surface area (TPSA) is 96.8 Å². The molecular formula is C25H25FN6O2. The largest absolute Gasteiger partial charge is 0.339 e. The summed E-state index contributed by atoms with van der Waals surface area (Å²) < 4.78 is 15.6. The Hall–Kier alpha value is -3.88. The van der Waals surface area contributed by atoms with E-state index in [1.54, 1.807) is 18.2 Å². The lowest BCUT2D eigenvalue weighted by Crippen LogP contribution is -2.38. The molecule has 1 amide bonds. The third-order valence-electron chi connectivity index (χ3n) is 6.45. The molecule has 0 bridgehead atoms. The summed E-state index contributed by atoms with van der Waals surface area (Å²) in [5.74, 6) is 0.220. The molecule has 5 rings (SSSR count). The van der Waals surface area contributed by atoms with Crippen molar-refractivity contribution in [3.05, 3.63) is 87.2 Å². The molecular weight excluding hydrogens is 435 g/mol. The van der Waals surface area contributed by atoms with E-state index in [2.05, 4.69) is 27.2 Å². The summed E-state index contributed by atoms with van der Waals surface area (Å²) in [5.41, 5.74) is 2.42. The number of nitrogens with zero attached hydrogens (tertiary/aromatic N) is 5. The summed E-state index contributed by atoms with van der Waals surface area (Å²) >= 11 is 0. The number of aromatic amines is 1. The van der Waals surface area contributed by atoms with Crippen LogP contribution in [0.5, 0.6) is 0 Å². The number of aromatic nitrogens is 5. The van der Waals surface area contributed by atoms with E-state index in [1.807, 2.05) is 29.2 Å². The van der Waals surface area contributed by atoms with Gasteiger partial charge < -0.3 is 9.88 Å². The zero-order chi connectivity index (χ0) is 23.7. The van der Waals surface area contributed by atoms with Crippen LogP contribution in [0.2, 0.25) is 0 Å². The van der Waals surface area contributed by atoms with Gasteiger partial charge in [0, 0.05) is 30.1 Å². The van der Waals surface area contributed by atoms with E-state index in [4.69, 9.17) is 0 Å². The Morgan fingerprint density at radius 3 is 2.56 bits per heavy atom. The monoisotopic (exact) mass is 460 g/mol. The van der Waals surface area contributed by atoms with E-state index in [1.165, 1.54) is 16.3 Å². The van der Waals surface area contributed by atoms with Crippen molar-refractivity contribution in [2.24, 2.45) is 0 Å². The van der Waals surface area contributed by atoms with Crippen LogP contribution in [0, 0.1) is 5.82 Å². The minimum Gasteiger partial charge on any atom is -0.339 e. The van der Waals surface area contributed by atoms with E-state index in [9.17, 15) is 14.0 Å². The van der Waals surface area contributed by atoms with Crippen LogP contribution in [0.15, 0.2) is 53.3 Å². The van der Waals surface area contributed by atoms with E-state index < -0.39 is 0 Å². The second kappa shape index (κ2) is 9.17. The maximum absolute atomic E-state index is 14.1. The minimum atomic E-state index is -0.366. The zero-order valence-corrected chi connectivity index (χ0v) is 18.9. The third kappa shape index (κ3) is 4.21. The quantitative estimate of drug-likeness (QED) is 0.493. The van der Waals surface area contributed by atoms with E-state index >= 15 is 0 Å². The van der Waals surface area contributed by atoms with Gasteiger partial charge in [-0.05, 0) is 43.0 Å². The van der Waals surface area contributed by atoms with Gasteiger partial charge in [-0.15, -0.1) is 5.10 Å². The van der Waals surface area contributed by atoms with Gasteiger partial charge in [0.25, 0.3) is 11.5 Å². The van der Waals surface area contributed by atoms with Crippen molar-refractivity contribution in [3.63, 3.8) is 0 Å². The first-order valence-electron chi connectivity index (χ1n) is 11.5. The number of carbonyl (C=O) groups excluding carboxylic acids is 1. The first-order valence-corrected chi connectivity index (χ1v) is 11.5. The average molecular weight is 461 g/mol. The number of likely N-dealkylation sites (tertiary alicyclic amines) is 1. The van der Waals surface area contributed by atoms with Gasteiger partial charge in [0.1, 0.15) is 11.6 Å². The Bertz CT molecular complexity index is 1390. The molecule has 174 valence electrons. The highest BCUT2D eigenvalue weighted by molar-refractivity contribution is 5.94. The van der Waals surface area contributed by atoms with Crippen LogP contribution in [-0.2, 0) is 13.0 Å². The van der Waals surface area contributed by atoms with Crippen molar-refractivity contribution in [3.8, 4) is 0 Å². The van der Waals surface area contributed by atoms with Crippen molar-refractivity contribution in [1.82, 2.24) is 29.9 Å². The number of carbonyl (C=O) groups is 1. The third-order valence-corrected chi connectivity index (χ3v) is 6.45. The Morgan fingerprint density at radius 2 is 1.85 bits per heavy atom. The maximum atomic E-state index is 14.1. The summed E-state index contributed by atoms with van der Waals surface area (Å²) in [6, 6.07) is 14.2. The van der Waals surface area contributed by atoms with Crippen LogP contribution in [0.25, 0.3) is 11.2 Å². The Balaban J connectivity index is 1.33. The molecule has 1 aliphatic rings. The standard InChI is InChI=1S/C25H25FN6O2/c1-2-16-7-9-18(10-8-16)25(34)31-13-11-17(12-14-31)22-27-23-21(24(33)28-22)29-30-32(23)15-19-5-3-4-6-20(19)26/h3-10,17H,2,11-15H2,1H3,(H,27,28,33). The van der Waals surface area contributed by atoms with Crippen LogP contribution >= 0.6 is 0 Å². The van der Waals surface area contributed by atoms with Crippen LogP contribution in [0.3, 0.4) is 0 Å². The van der Waals surface area contributed by atoms with Gasteiger partial charge >= 0.3 is 0 Å². The average Bonchev–Trinajstić information content (AvgIpc) is 3.28. The zero-order valence-electron chi connectivity index (χ0n) is 18.9. The van der Waals surface area contributed by atoms with Crippen LogP contribution < -0.4 is 5.56 Å². The van der Waals surface area contributed by atoms with Gasteiger partial charge in [-0.2, -0.15) is 0 Å². The van der Waals surface area contributed by atoms with Crippen LogP contribution in [0.4, 0.5) is 4.39 Å². The predicted molar refractivity (Wildman–Crippen MR) is 125 cm³/mol. The van der Waals surface area contributed by atoms with Crippen molar-refractivity contribution in [1.29, 1.82) is 0 Å². The number of halogens is 1. The summed E-state index contributed by atoms with van der Waals surface area (Å²) in [6.45, 7) is 3.37. The molecule has 2 aromatic carbocycles. The smallest absolute Gasteiger partial charge is 0.281 e. The highest BCUT2D eigenvalue weighted by atomic mass is 19.1. The number of fused-ring (bicyclic) bond motifs is 1. The van der Waals surface area contributed by atoms with Crippen LogP contribution in [-0.4, -0.2) is 48.9 Å². The molecule has 2 aromatic heterocycles. The van der Waals surface area contributed by atoms with Gasteiger partial charge in [-0.1, -0.05) is 42.5 Å². The van der Waals surface area contributed by atoms with E-state index in [0.717, 1.165) is 6.42 Å². The highest BCUT2D eigenvalue weighted by Crippen LogP contribution is 2.26. The molecule has 1 fully saturated rings. The molecule has 8 nitrogen and oxygen atoms in total. The summed E-state index contributed by atoms with van der Waals surface area (Å²) in [6.07, 6.45) is 2.30. The number of hydrogen-bond acceptors (Lipinski definition) is 5. The van der Waals surface area contributed by atoms with Crippen molar-refractivity contribution in [2.45, 2.75) is 38.6 Å².